The summed E-state index contributed by atoms with van der Waals surface area (Å²) in [6, 6.07) is 14.3. The van der Waals surface area contributed by atoms with Gasteiger partial charge < -0.3 is 19.7 Å². The number of ether oxygens (including phenoxy) is 2. The zero-order chi connectivity index (χ0) is 21.8. The van der Waals surface area contributed by atoms with E-state index in [1.165, 1.54) is 0 Å². The molecule has 0 saturated heterocycles. The smallest absolute Gasteiger partial charge is 0.340 e. The van der Waals surface area contributed by atoms with Gasteiger partial charge in [0.15, 0.2) is 5.60 Å². The van der Waals surface area contributed by atoms with Crippen molar-refractivity contribution in [3.05, 3.63) is 81.9 Å². The summed E-state index contributed by atoms with van der Waals surface area (Å²) in [4.78, 5) is 13.0. The van der Waals surface area contributed by atoms with Gasteiger partial charge in [0.1, 0.15) is 23.0 Å². The summed E-state index contributed by atoms with van der Waals surface area (Å²) in [5, 5.41) is 21.1. The van der Waals surface area contributed by atoms with Gasteiger partial charge in [-0.1, -0.05) is 44.9 Å². The first-order valence-corrected chi connectivity index (χ1v) is 10.7. The van der Waals surface area contributed by atoms with E-state index in [4.69, 9.17) is 9.47 Å². The van der Waals surface area contributed by atoms with Crippen molar-refractivity contribution in [1.29, 1.82) is 0 Å². The monoisotopic (exact) mass is 416 g/mol. The normalized spacial score (nSPS) is 15.1. The minimum Gasteiger partial charge on any atom is -0.508 e. The molecule has 0 aliphatic carbocycles. The molecule has 0 saturated carbocycles. The second-order valence-corrected chi connectivity index (χ2v) is 8.17. The highest BCUT2D eigenvalue weighted by Crippen LogP contribution is 2.57. The first kappa shape index (κ1) is 19.5. The number of carbonyl (C=O) groups excluding carboxylic acids is 1. The summed E-state index contributed by atoms with van der Waals surface area (Å²) in [5.74, 6) is 0.714. The molecule has 2 N–H and O–H groups in total. The van der Waals surface area contributed by atoms with Gasteiger partial charge >= 0.3 is 5.97 Å². The second-order valence-electron chi connectivity index (χ2n) is 8.17. The standard InChI is InChI=1S/C26H24O5/c1-3-7-15-11-19-23(13-21(15)27)30-24-14-22(28)16(8-4-2)12-20(24)26(19)18-10-6-5-9-17(18)25(29)31-26/h5-6,9-14,27-28H,3-4,7-8H2,1-2H3. The van der Waals surface area contributed by atoms with E-state index in [0.29, 0.717) is 41.0 Å². The van der Waals surface area contributed by atoms with Gasteiger partial charge in [-0.3, -0.25) is 0 Å². The summed E-state index contributed by atoms with van der Waals surface area (Å²) < 4.78 is 12.3. The highest BCUT2D eigenvalue weighted by molar-refractivity contribution is 5.97. The Morgan fingerprint density at radius 2 is 1.35 bits per heavy atom. The van der Waals surface area contributed by atoms with Crippen LogP contribution in [0.3, 0.4) is 0 Å². The van der Waals surface area contributed by atoms with E-state index in [0.717, 1.165) is 29.5 Å². The van der Waals surface area contributed by atoms with Crippen LogP contribution in [0.4, 0.5) is 0 Å². The Kier molecular flexibility index (Phi) is 4.43. The third-order valence-electron chi connectivity index (χ3n) is 6.15. The molecule has 2 aliphatic rings. The Labute approximate surface area is 180 Å². The SMILES string of the molecule is CCCc1cc2c(cc1O)Oc1cc(O)c(CCC)cc1C21OC(=O)c2ccccc21. The zero-order valence-corrected chi connectivity index (χ0v) is 17.6. The van der Waals surface area contributed by atoms with Gasteiger partial charge in [0.2, 0.25) is 0 Å². The average Bonchev–Trinajstić information content (AvgIpc) is 3.04. The molecule has 5 heteroatoms. The van der Waals surface area contributed by atoms with Crippen LogP contribution in [0.2, 0.25) is 0 Å². The van der Waals surface area contributed by atoms with Gasteiger partial charge in [0.05, 0.1) is 5.56 Å². The predicted molar refractivity (Wildman–Crippen MR) is 116 cm³/mol. The van der Waals surface area contributed by atoms with E-state index in [-0.39, 0.29) is 11.5 Å². The second kappa shape index (κ2) is 7.05. The summed E-state index contributed by atoms with van der Waals surface area (Å²) >= 11 is 0. The first-order chi connectivity index (χ1) is 15.0. The molecule has 0 atom stereocenters. The number of aromatic hydroxyl groups is 2. The van der Waals surface area contributed by atoms with Gasteiger partial charge in [0, 0.05) is 28.8 Å². The van der Waals surface area contributed by atoms with Crippen LogP contribution in [0.25, 0.3) is 0 Å². The van der Waals surface area contributed by atoms with Crippen molar-refractivity contribution in [3.8, 4) is 23.0 Å². The fourth-order valence-corrected chi connectivity index (χ4v) is 4.77. The number of benzene rings is 3. The van der Waals surface area contributed by atoms with Crippen LogP contribution in [0.15, 0.2) is 48.5 Å². The van der Waals surface area contributed by atoms with Gasteiger partial charge in [0.25, 0.3) is 0 Å². The molecular weight excluding hydrogens is 392 g/mol. The molecule has 0 unspecified atom stereocenters. The number of rotatable bonds is 4. The van der Waals surface area contributed by atoms with Crippen LogP contribution >= 0.6 is 0 Å². The van der Waals surface area contributed by atoms with Gasteiger partial charge in [-0.2, -0.15) is 0 Å². The lowest BCUT2D eigenvalue weighted by Gasteiger charge is -2.37. The average molecular weight is 416 g/mol. The van der Waals surface area contributed by atoms with Gasteiger partial charge in [-0.15, -0.1) is 0 Å². The molecule has 158 valence electrons. The molecule has 5 nitrogen and oxygen atoms in total. The molecule has 0 aromatic heterocycles. The van der Waals surface area contributed by atoms with Crippen LogP contribution in [0.1, 0.15) is 64.9 Å². The maximum absolute atomic E-state index is 13.0. The minimum atomic E-state index is -1.19. The molecule has 0 bridgehead atoms. The highest BCUT2D eigenvalue weighted by Gasteiger charge is 2.54. The molecule has 5 rings (SSSR count). The number of carbonyl (C=O) groups is 1. The molecule has 3 aromatic rings. The lowest BCUT2D eigenvalue weighted by Crippen LogP contribution is -2.33. The Balaban J connectivity index is 1.86. The number of aryl methyl sites for hydroxylation is 2. The number of phenols is 2. The van der Waals surface area contributed by atoms with E-state index in [2.05, 4.69) is 0 Å². The fraction of sp³-hybridized carbons (Fsp3) is 0.269. The highest BCUT2D eigenvalue weighted by atomic mass is 16.6. The largest absolute Gasteiger partial charge is 0.508 e. The minimum absolute atomic E-state index is 0.142. The summed E-state index contributed by atoms with van der Waals surface area (Å²) in [6.45, 7) is 4.09. The zero-order valence-electron chi connectivity index (χ0n) is 17.6. The van der Waals surface area contributed by atoms with Crippen molar-refractivity contribution in [1.82, 2.24) is 0 Å². The van der Waals surface area contributed by atoms with Crippen LogP contribution in [-0.2, 0) is 23.2 Å². The third-order valence-corrected chi connectivity index (χ3v) is 6.15. The quantitative estimate of drug-likeness (QED) is 0.544. The third kappa shape index (κ3) is 2.73. The van der Waals surface area contributed by atoms with Crippen LogP contribution in [0.5, 0.6) is 23.0 Å². The summed E-state index contributed by atoms with van der Waals surface area (Å²) in [6.07, 6.45) is 3.10. The summed E-state index contributed by atoms with van der Waals surface area (Å²) in [7, 11) is 0. The van der Waals surface area contributed by atoms with E-state index in [1.54, 1.807) is 18.2 Å². The van der Waals surface area contributed by atoms with Gasteiger partial charge in [-0.25, -0.2) is 4.79 Å². The van der Waals surface area contributed by atoms with Crippen molar-refractivity contribution in [2.45, 2.75) is 45.1 Å². The van der Waals surface area contributed by atoms with Crippen molar-refractivity contribution in [2.24, 2.45) is 0 Å². The number of fused-ring (bicyclic) bond motifs is 6. The van der Waals surface area contributed by atoms with Crippen molar-refractivity contribution < 1.29 is 24.5 Å². The Hall–Kier alpha value is -3.47. The van der Waals surface area contributed by atoms with E-state index < -0.39 is 11.6 Å². The maximum atomic E-state index is 13.0. The lowest BCUT2D eigenvalue weighted by atomic mass is 9.76. The van der Waals surface area contributed by atoms with E-state index >= 15 is 0 Å². The van der Waals surface area contributed by atoms with E-state index in [9.17, 15) is 15.0 Å². The topological polar surface area (TPSA) is 76.0 Å². The van der Waals surface area contributed by atoms with Crippen LogP contribution in [-0.4, -0.2) is 16.2 Å². The van der Waals surface area contributed by atoms with E-state index in [1.807, 2.05) is 44.2 Å². The summed E-state index contributed by atoms with van der Waals surface area (Å²) in [5.41, 5.74) is 2.99. The molecule has 0 amide bonds. The number of hydrogen-bond donors (Lipinski definition) is 2. The van der Waals surface area contributed by atoms with Gasteiger partial charge in [-0.05, 0) is 42.2 Å². The maximum Gasteiger partial charge on any atom is 0.340 e. The lowest BCUT2D eigenvalue weighted by molar-refractivity contribution is 0.0223. The molecule has 3 aromatic carbocycles. The Bertz CT molecular complexity index is 1150. The fourth-order valence-electron chi connectivity index (χ4n) is 4.77. The molecule has 31 heavy (non-hydrogen) atoms. The molecule has 1 spiro atoms. The molecule has 2 aliphatic heterocycles. The van der Waals surface area contributed by atoms with Crippen molar-refractivity contribution in [3.63, 3.8) is 0 Å². The van der Waals surface area contributed by atoms with Crippen molar-refractivity contribution >= 4 is 5.97 Å². The molecule has 0 fully saturated rings. The van der Waals surface area contributed by atoms with Crippen molar-refractivity contribution in [2.75, 3.05) is 0 Å². The number of phenolic OH excluding ortho intramolecular Hbond substituents is 2. The molecular formula is C26H24O5. The Morgan fingerprint density at radius 3 is 1.90 bits per heavy atom. The molecule has 2 heterocycles. The Morgan fingerprint density at radius 1 is 0.806 bits per heavy atom. The van der Waals surface area contributed by atoms with Crippen LogP contribution in [0, 0.1) is 0 Å². The molecule has 0 radical (unpaired) electrons. The van der Waals surface area contributed by atoms with Crippen LogP contribution < -0.4 is 4.74 Å². The first-order valence-electron chi connectivity index (χ1n) is 10.7. The number of esters is 1. The number of hydrogen-bond acceptors (Lipinski definition) is 5. The predicted octanol–water partition coefficient (Wildman–Crippen LogP) is 5.57.